The maximum Gasteiger partial charge on any atom is 0.0649 e. The van der Waals surface area contributed by atoms with Crippen molar-refractivity contribution in [3.8, 4) is 0 Å². The van der Waals surface area contributed by atoms with Crippen LogP contribution in [0.3, 0.4) is 0 Å². The van der Waals surface area contributed by atoms with E-state index in [9.17, 15) is 0 Å². The van der Waals surface area contributed by atoms with Crippen LogP contribution in [0.25, 0.3) is 0 Å². The topological polar surface area (TPSA) is 50.4 Å². The second kappa shape index (κ2) is 5.95. The monoisotopic (exact) mass is 293 g/mol. The molecular weight excluding hydrogens is 281 g/mol. The molecule has 98 valence electrons. The number of hydrogen-bond donors (Lipinski definition) is 2. The molecule has 0 saturated heterocycles. The largest absolute Gasteiger partial charge is 0.399 e. The second-order valence-electron chi connectivity index (χ2n) is 4.06. The molecule has 2 aromatic carbocycles. The summed E-state index contributed by atoms with van der Waals surface area (Å²) in [6, 6.07) is 12.8. The molecule has 0 atom stereocenters. The lowest BCUT2D eigenvalue weighted by Gasteiger charge is -2.05. The van der Waals surface area contributed by atoms with E-state index in [1.807, 2.05) is 37.3 Å². The van der Waals surface area contributed by atoms with E-state index in [4.69, 9.17) is 28.9 Å². The Morgan fingerprint density at radius 1 is 1.11 bits per heavy atom. The Morgan fingerprint density at radius 3 is 2.58 bits per heavy atom. The van der Waals surface area contributed by atoms with Crippen LogP contribution in [-0.2, 0) is 0 Å². The molecule has 0 aliphatic rings. The van der Waals surface area contributed by atoms with Crippen LogP contribution in [-0.4, -0.2) is 5.71 Å². The van der Waals surface area contributed by atoms with Gasteiger partial charge in [-0.1, -0.05) is 35.3 Å². The Hall–Kier alpha value is -1.71. The molecule has 0 aliphatic heterocycles. The summed E-state index contributed by atoms with van der Waals surface area (Å²) >= 11 is 11.8. The lowest BCUT2D eigenvalue weighted by atomic mass is 10.1. The zero-order valence-corrected chi connectivity index (χ0v) is 11.8. The van der Waals surface area contributed by atoms with Gasteiger partial charge in [0.25, 0.3) is 0 Å². The number of nitrogens with two attached hydrogens (primary N) is 1. The van der Waals surface area contributed by atoms with Gasteiger partial charge in [-0.25, -0.2) is 0 Å². The van der Waals surface area contributed by atoms with Gasteiger partial charge in [0.2, 0.25) is 0 Å². The number of anilines is 2. The summed E-state index contributed by atoms with van der Waals surface area (Å²) in [5.74, 6) is 0. The van der Waals surface area contributed by atoms with Crippen LogP contribution < -0.4 is 11.2 Å². The summed E-state index contributed by atoms with van der Waals surface area (Å²) in [7, 11) is 0. The summed E-state index contributed by atoms with van der Waals surface area (Å²) in [6.45, 7) is 1.90. The maximum absolute atomic E-state index is 5.93. The van der Waals surface area contributed by atoms with Crippen LogP contribution in [0.1, 0.15) is 12.5 Å². The number of hydrazone groups is 1. The molecule has 0 amide bonds. The molecule has 0 spiro atoms. The maximum atomic E-state index is 5.93. The quantitative estimate of drug-likeness (QED) is 0.500. The van der Waals surface area contributed by atoms with Gasteiger partial charge in [0.05, 0.1) is 21.4 Å². The minimum absolute atomic E-state index is 0.489. The van der Waals surface area contributed by atoms with Crippen LogP contribution in [0, 0.1) is 0 Å². The predicted molar refractivity (Wildman–Crippen MR) is 83.2 cm³/mol. The zero-order valence-electron chi connectivity index (χ0n) is 10.3. The fourth-order valence-corrected chi connectivity index (χ4v) is 1.84. The van der Waals surface area contributed by atoms with Crippen molar-refractivity contribution in [3.63, 3.8) is 0 Å². The third-order valence-electron chi connectivity index (χ3n) is 2.58. The summed E-state index contributed by atoms with van der Waals surface area (Å²) in [4.78, 5) is 0. The van der Waals surface area contributed by atoms with Gasteiger partial charge >= 0.3 is 0 Å². The second-order valence-corrected chi connectivity index (χ2v) is 4.88. The molecule has 19 heavy (non-hydrogen) atoms. The van der Waals surface area contributed by atoms with E-state index in [-0.39, 0.29) is 0 Å². The van der Waals surface area contributed by atoms with Crippen molar-refractivity contribution in [1.82, 2.24) is 0 Å². The number of nitrogens with one attached hydrogen (secondary N) is 1. The van der Waals surface area contributed by atoms with Crippen molar-refractivity contribution in [1.29, 1.82) is 0 Å². The Balaban J connectivity index is 2.15. The van der Waals surface area contributed by atoms with Crippen LogP contribution in [0.15, 0.2) is 47.6 Å². The smallest absolute Gasteiger partial charge is 0.0649 e. The van der Waals surface area contributed by atoms with Gasteiger partial charge in [-0.3, -0.25) is 5.43 Å². The number of hydrogen-bond acceptors (Lipinski definition) is 3. The van der Waals surface area contributed by atoms with E-state index in [0.29, 0.717) is 15.7 Å². The lowest BCUT2D eigenvalue weighted by molar-refractivity contribution is 1.32. The van der Waals surface area contributed by atoms with E-state index >= 15 is 0 Å². The minimum atomic E-state index is 0.489. The van der Waals surface area contributed by atoms with Crippen LogP contribution in [0.5, 0.6) is 0 Å². The van der Waals surface area contributed by atoms with Crippen LogP contribution in [0.4, 0.5) is 11.4 Å². The van der Waals surface area contributed by atoms with Crippen LogP contribution in [0.2, 0.25) is 10.0 Å². The number of rotatable bonds is 3. The molecule has 5 heteroatoms. The van der Waals surface area contributed by atoms with Gasteiger partial charge in [-0.2, -0.15) is 5.10 Å². The molecule has 0 aliphatic carbocycles. The third kappa shape index (κ3) is 3.63. The Kier molecular flexibility index (Phi) is 4.30. The van der Waals surface area contributed by atoms with Crippen molar-refractivity contribution in [3.05, 3.63) is 58.1 Å². The first kappa shape index (κ1) is 13.7. The van der Waals surface area contributed by atoms with E-state index < -0.39 is 0 Å². The normalized spacial score (nSPS) is 11.4. The number of halogens is 2. The summed E-state index contributed by atoms with van der Waals surface area (Å²) < 4.78 is 0. The first-order valence-electron chi connectivity index (χ1n) is 5.67. The zero-order chi connectivity index (χ0) is 13.8. The van der Waals surface area contributed by atoms with E-state index in [1.165, 1.54) is 0 Å². The van der Waals surface area contributed by atoms with E-state index in [2.05, 4.69) is 10.5 Å². The van der Waals surface area contributed by atoms with Crippen molar-refractivity contribution in [2.24, 2.45) is 5.10 Å². The highest BCUT2D eigenvalue weighted by Gasteiger charge is 2.00. The summed E-state index contributed by atoms with van der Waals surface area (Å²) in [6.07, 6.45) is 0. The van der Waals surface area contributed by atoms with Gasteiger partial charge < -0.3 is 5.73 Å². The highest BCUT2D eigenvalue weighted by molar-refractivity contribution is 6.42. The number of benzene rings is 2. The fraction of sp³-hybridized carbons (Fsp3) is 0.0714. The highest BCUT2D eigenvalue weighted by atomic mass is 35.5. The van der Waals surface area contributed by atoms with Gasteiger partial charge in [-0.15, -0.1) is 0 Å². The first-order valence-corrected chi connectivity index (χ1v) is 6.43. The fourth-order valence-electron chi connectivity index (χ4n) is 1.54. The Bertz CT molecular complexity index is 624. The Morgan fingerprint density at radius 2 is 1.89 bits per heavy atom. The first-order chi connectivity index (χ1) is 9.06. The molecule has 0 aromatic heterocycles. The molecule has 0 unspecified atom stereocenters. The van der Waals surface area contributed by atoms with Crippen LogP contribution >= 0.6 is 23.2 Å². The predicted octanol–water partition coefficient (Wildman–Crippen LogP) is 4.41. The van der Waals surface area contributed by atoms with Crippen molar-refractivity contribution >= 4 is 40.3 Å². The number of nitrogens with zero attached hydrogens (tertiary/aromatic N) is 1. The Labute approximate surface area is 122 Å². The summed E-state index contributed by atoms with van der Waals surface area (Å²) in [5.41, 5.74) is 11.9. The van der Waals surface area contributed by atoms with Crippen molar-refractivity contribution in [2.45, 2.75) is 6.92 Å². The summed E-state index contributed by atoms with van der Waals surface area (Å²) in [5, 5.41) is 5.29. The lowest BCUT2D eigenvalue weighted by Crippen LogP contribution is -2.00. The molecule has 2 rings (SSSR count). The van der Waals surface area contributed by atoms with E-state index in [0.717, 1.165) is 17.0 Å². The van der Waals surface area contributed by atoms with Crippen molar-refractivity contribution in [2.75, 3.05) is 11.2 Å². The highest BCUT2D eigenvalue weighted by Crippen LogP contribution is 2.25. The van der Waals surface area contributed by atoms with Gasteiger partial charge in [0.1, 0.15) is 0 Å². The molecule has 2 aromatic rings. The molecule has 0 heterocycles. The number of nitrogen functional groups attached to an aromatic ring is 1. The molecule has 3 nitrogen and oxygen atoms in total. The third-order valence-corrected chi connectivity index (χ3v) is 3.32. The standard InChI is InChI=1S/C14H13Cl2N3/c1-9(10-3-2-4-11(17)7-10)18-19-12-5-6-13(15)14(16)8-12/h2-8,19H,17H2,1H3/b18-9-. The molecular formula is C14H13Cl2N3. The average molecular weight is 294 g/mol. The minimum Gasteiger partial charge on any atom is -0.399 e. The van der Waals surface area contributed by atoms with Gasteiger partial charge in [-0.05, 0) is 42.8 Å². The van der Waals surface area contributed by atoms with Gasteiger partial charge in [0, 0.05) is 5.69 Å². The van der Waals surface area contributed by atoms with Gasteiger partial charge in [0.15, 0.2) is 0 Å². The molecule has 3 N–H and O–H groups in total. The average Bonchev–Trinajstić information content (AvgIpc) is 2.40. The van der Waals surface area contributed by atoms with Crippen molar-refractivity contribution < 1.29 is 0 Å². The molecule has 0 radical (unpaired) electrons. The SMILES string of the molecule is C/C(=N/Nc1ccc(Cl)c(Cl)c1)c1cccc(N)c1. The molecule has 0 bridgehead atoms. The molecule has 0 saturated carbocycles. The molecule has 0 fully saturated rings. The van der Waals surface area contributed by atoms with E-state index in [1.54, 1.807) is 12.1 Å².